The number of ether oxygens (including phenoxy) is 2. The van der Waals surface area contributed by atoms with Crippen LogP contribution in [0.3, 0.4) is 0 Å². The van der Waals surface area contributed by atoms with E-state index in [4.69, 9.17) is 9.47 Å². The van der Waals surface area contributed by atoms with Gasteiger partial charge in [0, 0.05) is 18.6 Å². The van der Waals surface area contributed by atoms with Gasteiger partial charge in [0.2, 0.25) is 0 Å². The molecule has 0 bridgehead atoms. The van der Waals surface area contributed by atoms with E-state index in [-0.39, 0.29) is 0 Å². The maximum atomic E-state index is 6.88. The molecule has 2 spiro atoms. The lowest BCUT2D eigenvalue weighted by Gasteiger charge is -2.44. The molecule has 0 amide bonds. The molecule has 0 aromatic carbocycles. The van der Waals surface area contributed by atoms with Crippen molar-refractivity contribution in [2.45, 2.75) is 130 Å². The molecule has 0 aromatic rings. The molecule has 2 nitrogen and oxygen atoms in total. The Kier molecular flexibility index (Phi) is 6.19. The molecule has 0 radical (unpaired) electrons. The van der Waals surface area contributed by atoms with E-state index in [1.807, 2.05) is 0 Å². The lowest BCUT2D eigenvalue weighted by atomic mass is 9.68. The molecule has 2 heteroatoms. The SMILES string of the molecule is CCOC1C(C)(C)CCC12CCCC2CCOC1C(C)(C)CCC12CCCCC2. The van der Waals surface area contributed by atoms with Crippen molar-refractivity contribution in [3.8, 4) is 0 Å². The fourth-order valence-corrected chi connectivity index (χ4v) is 8.59. The van der Waals surface area contributed by atoms with Crippen LogP contribution in [0.15, 0.2) is 0 Å². The van der Waals surface area contributed by atoms with Gasteiger partial charge in [-0.15, -0.1) is 0 Å². The minimum Gasteiger partial charge on any atom is -0.377 e. The van der Waals surface area contributed by atoms with Gasteiger partial charge in [-0.2, -0.15) is 0 Å². The van der Waals surface area contributed by atoms with Crippen molar-refractivity contribution in [1.82, 2.24) is 0 Å². The first-order chi connectivity index (χ1) is 13.8. The van der Waals surface area contributed by atoms with Gasteiger partial charge in [-0.1, -0.05) is 53.4 Å². The topological polar surface area (TPSA) is 18.5 Å². The molecule has 0 aliphatic heterocycles. The number of hydrogen-bond donors (Lipinski definition) is 0. The summed E-state index contributed by atoms with van der Waals surface area (Å²) in [6.45, 7) is 13.9. The van der Waals surface area contributed by atoms with Crippen molar-refractivity contribution in [3.63, 3.8) is 0 Å². The normalized spacial score (nSPS) is 40.2. The first-order valence-electron chi connectivity index (χ1n) is 13.0. The third-order valence-corrected chi connectivity index (χ3v) is 9.94. The summed E-state index contributed by atoms with van der Waals surface area (Å²) >= 11 is 0. The molecule has 0 saturated heterocycles. The Balaban J connectivity index is 1.42. The lowest BCUT2D eigenvalue weighted by Crippen LogP contribution is -2.43. The zero-order chi connectivity index (χ0) is 20.8. The van der Waals surface area contributed by atoms with Crippen molar-refractivity contribution in [1.29, 1.82) is 0 Å². The van der Waals surface area contributed by atoms with Crippen molar-refractivity contribution in [2.24, 2.45) is 27.6 Å². The lowest BCUT2D eigenvalue weighted by molar-refractivity contribution is -0.104. The quantitative estimate of drug-likeness (QED) is 0.455. The van der Waals surface area contributed by atoms with Gasteiger partial charge >= 0.3 is 0 Å². The zero-order valence-corrected chi connectivity index (χ0v) is 20.2. The summed E-state index contributed by atoms with van der Waals surface area (Å²) in [6.07, 6.45) is 18.9. The number of hydrogen-bond acceptors (Lipinski definition) is 2. The fourth-order valence-electron chi connectivity index (χ4n) is 8.59. The van der Waals surface area contributed by atoms with Crippen molar-refractivity contribution >= 4 is 0 Å². The van der Waals surface area contributed by atoms with E-state index in [1.54, 1.807) is 0 Å². The molecular formula is C27H48O2. The Hall–Kier alpha value is -0.0800. The molecule has 4 unspecified atom stereocenters. The van der Waals surface area contributed by atoms with Crippen LogP contribution in [0.2, 0.25) is 0 Å². The molecule has 4 aliphatic carbocycles. The first-order valence-corrected chi connectivity index (χ1v) is 13.0. The summed E-state index contributed by atoms with van der Waals surface area (Å²) in [7, 11) is 0. The van der Waals surface area contributed by atoms with Gasteiger partial charge in [-0.3, -0.25) is 0 Å². The van der Waals surface area contributed by atoms with Gasteiger partial charge < -0.3 is 9.47 Å². The molecule has 168 valence electrons. The van der Waals surface area contributed by atoms with Crippen LogP contribution in [0, 0.1) is 27.6 Å². The Morgan fingerprint density at radius 1 is 0.690 bits per heavy atom. The maximum absolute atomic E-state index is 6.88. The van der Waals surface area contributed by atoms with E-state index < -0.39 is 0 Å². The summed E-state index contributed by atoms with van der Waals surface area (Å²) in [6, 6.07) is 0. The zero-order valence-electron chi connectivity index (χ0n) is 20.2. The molecular weight excluding hydrogens is 356 g/mol. The van der Waals surface area contributed by atoms with E-state index in [2.05, 4.69) is 34.6 Å². The van der Waals surface area contributed by atoms with Crippen molar-refractivity contribution in [2.75, 3.05) is 13.2 Å². The summed E-state index contributed by atoms with van der Waals surface area (Å²) in [4.78, 5) is 0. The molecule has 4 rings (SSSR count). The second kappa shape index (κ2) is 8.12. The summed E-state index contributed by atoms with van der Waals surface area (Å²) < 4.78 is 13.3. The van der Waals surface area contributed by atoms with Gasteiger partial charge in [0.1, 0.15) is 0 Å². The van der Waals surface area contributed by atoms with Crippen LogP contribution in [0.4, 0.5) is 0 Å². The monoisotopic (exact) mass is 404 g/mol. The third kappa shape index (κ3) is 3.84. The predicted molar refractivity (Wildman–Crippen MR) is 121 cm³/mol. The fraction of sp³-hybridized carbons (Fsp3) is 1.00. The van der Waals surface area contributed by atoms with Crippen LogP contribution in [0.25, 0.3) is 0 Å². The largest absolute Gasteiger partial charge is 0.377 e. The Labute approximate surface area is 180 Å². The van der Waals surface area contributed by atoms with Crippen LogP contribution < -0.4 is 0 Å². The molecule has 0 heterocycles. The minimum absolute atomic E-state index is 0.332. The maximum Gasteiger partial charge on any atom is 0.0684 e. The van der Waals surface area contributed by atoms with Crippen LogP contribution in [0.5, 0.6) is 0 Å². The molecule has 0 aromatic heterocycles. The Morgan fingerprint density at radius 3 is 2.10 bits per heavy atom. The first kappa shape index (κ1) is 22.1. The molecule has 0 N–H and O–H groups in total. The van der Waals surface area contributed by atoms with E-state index in [0.29, 0.717) is 33.9 Å². The highest BCUT2D eigenvalue weighted by atomic mass is 16.5. The predicted octanol–water partition coefficient (Wildman–Crippen LogP) is 7.54. The second-order valence-corrected chi connectivity index (χ2v) is 12.6. The molecule has 4 fully saturated rings. The highest BCUT2D eigenvalue weighted by Crippen LogP contribution is 2.62. The average molecular weight is 405 g/mol. The van der Waals surface area contributed by atoms with Crippen LogP contribution >= 0.6 is 0 Å². The summed E-state index contributed by atoms with van der Waals surface area (Å²) in [5.41, 5.74) is 1.61. The van der Waals surface area contributed by atoms with E-state index in [0.717, 1.165) is 19.1 Å². The Bertz CT molecular complexity index is 559. The minimum atomic E-state index is 0.332. The van der Waals surface area contributed by atoms with Gasteiger partial charge in [0.05, 0.1) is 12.2 Å². The van der Waals surface area contributed by atoms with E-state index >= 15 is 0 Å². The van der Waals surface area contributed by atoms with Gasteiger partial charge in [0.25, 0.3) is 0 Å². The van der Waals surface area contributed by atoms with Gasteiger partial charge in [-0.05, 0) is 86.9 Å². The molecule has 4 aliphatic rings. The molecule has 4 saturated carbocycles. The average Bonchev–Trinajstić information content (AvgIpc) is 3.28. The summed E-state index contributed by atoms with van der Waals surface area (Å²) in [5, 5.41) is 0. The summed E-state index contributed by atoms with van der Waals surface area (Å²) in [5.74, 6) is 0.799. The van der Waals surface area contributed by atoms with E-state index in [9.17, 15) is 0 Å². The van der Waals surface area contributed by atoms with Crippen molar-refractivity contribution in [3.05, 3.63) is 0 Å². The van der Waals surface area contributed by atoms with Crippen LogP contribution in [-0.4, -0.2) is 25.4 Å². The standard InChI is InChI=1S/C27H48O2/c1-6-28-23-25(4,5)17-19-27(23)15-10-11-21(27)12-20-29-22-24(2,3)16-18-26(22)13-8-7-9-14-26/h21-23H,6-20H2,1-5H3. The smallest absolute Gasteiger partial charge is 0.0684 e. The van der Waals surface area contributed by atoms with Crippen LogP contribution in [0.1, 0.15) is 118 Å². The van der Waals surface area contributed by atoms with Gasteiger partial charge in [-0.25, -0.2) is 0 Å². The molecule has 29 heavy (non-hydrogen) atoms. The van der Waals surface area contributed by atoms with E-state index in [1.165, 1.54) is 83.5 Å². The van der Waals surface area contributed by atoms with Crippen molar-refractivity contribution < 1.29 is 9.47 Å². The highest BCUT2D eigenvalue weighted by molar-refractivity contribution is 5.08. The third-order valence-electron chi connectivity index (χ3n) is 9.94. The number of rotatable bonds is 6. The second-order valence-electron chi connectivity index (χ2n) is 12.6. The highest BCUT2D eigenvalue weighted by Gasteiger charge is 2.58. The Morgan fingerprint density at radius 2 is 1.38 bits per heavy atom. The van der Waals surface area contributed by atoms with Crippen LogP contribution in [-0.2, 0) is 9.47 Å². The van der Waals surface area contributed by atoms with Gasteiger partial charge in [0.15, 0.2) is 0 Å². The molecule has 4 atom stereocenters.